The van der Waals surface area contributed by atoms with E-state index in [0.717, 1.165) is 18.4 Å². The first-order valence-corrected chi connectivity index (χ1v) is 8.20. The molecule has 0 aliphatic carbocycles. The normalized spacial score (nSPS) is 11.4. The highest BCUT2D eigenvalue weighted by atomic mass is 16.5. The second-order valence-corrected chi connectivity index (χ2v) is 5.64. The van der Waals surface area contributed by atoms with Gasteiger partial charge in [-0.1, -0.05) is 55.8 Å². The predicted molar refractivity (Wildman–Crippen MR) is 94.3 cm³/mol. The van der Waals surface area contributed by atoms with Crippen LogP contribution < -0.4 is 5.32 Å². The van der Waals surface area contributed by atoms with Gasteiger partial charge in [0.15, 0.2) is 6.61 Å². The van der Waals surface area contributed by atoms with Crippen LogP contribution in [-0.2, 0) is 9.53 Å². The predicted octanol–water partition coefficient (Wildman–Crippen LogP) is 3.31. The third-order valence-corrected chi connectivity index (χ3v) is 3.73. The fourth-order valence-corrected chi connectivity index (χ4v) is 2.44. The molecule has 0 aliphatic rings. The first-order valence-electron chi connectivity index (χ1n) is 8.20. The number of ether oxygens (including phenoxy) is 1. The van der Waals surface area contributed by atoms with Crippen molar-refractivity contribution in [1.82, 2.24) is 5.32 Å². The number of benzene rings is 2. The van der Waals surface area contributed by atoms with Gasteiger partial charge in [-0.15, -0.1) is 0 Å². The molecule has 1 unspecified atom stereocenters. The maximum atomic E-state index is 12.1. The van der Waals surface area contributed by atoms with Crippen LogP contribution in [0.1, 0.15) is 52.1 Å². The molecule has 5 nitrogen and oxygen atoms in total. The molecule has 1 atom stereocenters. The molecule has 0 bridgehead atoms. The Morgan fingerprint density at radius 2 is 1.76 bits per heavy atom. The molecular weight excluding hydrogens is 318 g/mol. The number of aldehydes is 1. The standard InChI is InChI=1S/C20H21NO4/c1-2-6-18(16-7-4-3-5-8-16)21-19(23)14-25-20(24)17-11-9-15(13-22)10-12-17/h3-5,7-13,18H,2,6,14H2,1H3,(H,21,23). The first kappa shape index (κ1) is 18.4. The molecule has 0 aliphatic heterocycles. The maximum absolute atomic E-state index is 12.1. The Morgan fingerprint density at radius 1 is 1.08 bits per heavy atom. The molecule has 0 radical (unpaired) electrons. The van der Waals surface area contributed by atoms with E-state index in [-0.39, 0.29) is 18.6 Å². The van der Waals surface area contributed by atoms with Gasteiger partial charge < -0.3 is 10.1 Å². The molecule has 0 heterocycles. The SMILES string of the molecule is CCCC(NC(=O)COC(=O)c1ccc(C=O)cc1)c1ccccc1. The summed E-state index contributed by atoms with van der Waals surface area (Å²) in [7, 11) is 0. The summed E-state index contributed by atoms with van der Waals surface area (Å²) in [5.41, 5.74) is 1.79. The molecule has 0 saturated carbocycles. The van der Waals surface area contributed by atoms with Crippen LogP contribution in [0.3, 0.4) is 0 Å². The smallest absolute Gasteiger partial charge is 0.338 e. The number of carbonyl (C=O) groups is 3. The summed E-state index contributed by atoms with van der Waals surface area (Å²) in [5, 5.41) is 2.90. The Balaban J connectivity index is 1.89. The maximum Gasteiger partial charge on any atom is 0.338 e. The Morgan fingerprint density at radius 3 is 2.36 bits per heavy atom. The molecule has 0 aromatic heterocycles. The third-order valence-electron chi connectivity index (χ3n) is 3.73. The summed E-state index contributed by atoms with van der Waals surface area (Å²) in [6, 6.07) is 15.6. The van der Waals surface area contributed by atoms with Gasteiger partial charge in [0.1, 0.15) is 6.29 Å². The molecule has 1 amide bonds. The van der Waals surface area contributed by atoms with Crippen molar-refractivity contribution in [2.75, 3.05) is 6.61 Å². The minimum Gasteiger partial charge on any atom is -0.452 e. The van der Waals surface area contributed by atoms with Crippen molar-refractivity contribution < 1.29 is 19.1 Å². The van der Waals surface area contributed by atoms with E-state index in [4.69, 9.17) is 4.74 Å². The Kier molecular flexibility index (Phi) is 6.89. The van der Waals surface area contributed by atoms with Gasteiger partial charge >= 0.3 is 5.97 Å². The van der Waals surface area contributed by atoms with Crippen molar-refractivity contribution in [3.63, 3.8) is 0 Å². The molecule has 2 rings (SSSR count). The quantitative estimate of drug-likeness (QED) is 0.591. The van der Waals surface area contributed by atoms with Crippen LogP contribution in [0.5, 0.6) is 0 Å². The lowest BCUT2D eigenvalue weighted by Crippen LogP contribution is -2.32. The van der Waals surface area contributed by atoms with E-state index in [2.05, 4.69) is 5.32 Å². The lowest BCUT2D eigenvalue weighted by Gasteiger charge is -2.18. The summed E-state index contributed by atoms with van der Waals surface area (Å²) in [4.78, 5) is 34.6. The van der Waals surface area contributed by atoms with Gasteiger partial charge in [0.2, 0.25) is 0 Å². The highest BCUT2D eigenvalue weighted by molar-refractivity contribution is 5.92. The number of nitrogens with one attached hydrogen (secondary N) is 1. The number of esters is 1. The van der Waals surface area contributed by atoms with Gasteiger partial charge in [0.05, 0.1) is 11.6 Å². The van der Waals surface area contributed by atoms with Gasteiger partial charge in [-0.2, -0.15) is 0 Å². The molecule has 1 N–H and O–H groups in total. The summed E-state index contributed by atoms with van der Waals surface area (Å²) in [5.74, 6) is -0.945. The molecular formula is C20H21NO4. The van der Waals surface area contributed by atoms with Crippen LogP contribution in [0.2, 0.25) is 0 Å². The van der Waals surface area contributed by atoms with Crippen molar-refractivity contribution in [2.45, 2.75) is 25.8 Å². The molecule has 0 saturated heterocycles. The molecule has 2 aromatic rings. The van der Waals surface area contributed by atoms with Crippen LogP contribution in [0.4, 0.5) is 0 Å². The fourth-order valence-electron chi connectivity index (χ4n) is 2.44. The molecule has 0 fully saturated rings. The Labute approximate surface area is 147 Å². The highest BCUT2D eigenvalue weighted by Crippen LogP contribution is 2.17. The van der Waals surface area contributed by atoms with Crippen LogP contribution in [0, 0.1) is 0 Å². The second kappa shape index (κ2) is 9.37. The fraction of sp³-hybridized carbons (Fsp3) is 0.250. The largest absolute Gasteiger partial charge is 0.452 e. The van der Waals surface area contributed by atoms with Crippen molar-refractivity contribution in [3.8, 4) is 0 Å². The zero-order chi connectivity index (χ0) is 18.1. The Bertz CT molecular complexity index is 710. The van der Waals surface area contributed by atoms with Crippen LogP contribution in [0.25, 0.3) is 0 Å². The van der Waals surface area contributed by atoms with Crippen molar-refractivity contribution in [2.24, 2.45) is 0 Å². The first-order chi connectivity index (χ1) is 12.1. The van der Waals surface area contributed by atoms with E-state index in [9.17, 15) is 14.4 Å². The summed E-state index contributed by atoms with van der Waals surface area (Å²) in [6.07, 6.45) is 2.42. The minimum atomic E-state index is -0.598. The third kappa shape index (κ3) is 5.57. The molecule has 2 aromatic carbocycles. The molecule has 25 heavy (non-hydrogen) atoms. The van der Waals surface area contributed by atoms with E-state index < -0.39 is 5.97 Å². The van der Waals surface area contributed by atoms with Crippen molar-refractivity contribution in [3.05, 3.63) is 71.3 Å². The van der Waals surface area contributed by atoms with Crippen LogP contribution in [0.15, 0.2) is 54.6 Å². The van der Waals surface area contributed by atoms with E-state index in [1.807, 2.05) is 37.3 Å². The highest BCUT2D eigenvalue weighted by Gasteiger charge is 2.15. The number of hydrogen-bond acceptors (Lipinski definition) is 4. The minimum absolute atomic E-state index is 0.107. The van der Waals surface area contributed by atoms with E-state index in [1.54, 1.807) is 0 Å². The lowest BCUT2D eigenvalue weighted by molar-refractivity contribution is -0.125. The number of hydrogen-bond donors (Lipinski definition) is 1. The van der Waals surface area contributed by atoms with Gasteiger partial charge in [-0.05, 0) is 24.1 Å². The molecule has 5 heteroatoms. The van der Waals surface area contributed by atoms with Gasteiger partial charge in [-0.25, -0.2) is 4.79 Å². The van der Waals surface area contributed by atoms with Crippen molar-refractivity contribution in [1.29, 1.82) is 0 Å². The van der Waals surface area contributed by atoms with E-state index in [1.165, 1.54) is 24.3 Å². The topological polar surface area (TPSA) is 72.5 Å². The Hall–Kier alpha value is -2.95. The average Bonchev–Trinajstić information content (AvgIpc) is 2.66. The summed E-state index contributed by atoms with van der Waals surface area (Å²) in [6.45, 7) is 1.70. The zero-order valence-electron chi connectivity index (χ0n) is 14.1. The van der Waals surface area contributed by atoms with Crippen LogP contribution >= 0.6 is 0 Å². The molecule has 0 spiro atoms. The monoisotopic (exact) mass is 339 g/mol. The number of rotatable bonds is 8. The summed E-state index contributed by atoms with van der Waals surface area (Å²) >= 11 is 0. The lowest BCUT2D eigenvalue weighted by atomic mass is 10.0. The van der Waals surface area contributed by atoms with Gasteiger partial charge in [-0.3, -0.25) is 9.59 Å². The molecule has 130 valence electrons. The number of amides is 1. The number of carbonyl (C=O) groups excluding carboxylic acids is 3. The van der Waals surface area contributed by atoms with Crippen LogP contribution in [-0.4, -0.2) is 24.8 Å². The van der Waals surface area contributed by atoms with E-state index in [0.29, 0.717) is 17.4 Å². The van der Waals surface area contributed by atoms with Gasteiger partial charge in [0.25, 0.3) is 5.91 Å². The van der Waals surface area contributed by atoms with Crippen molar-refractivity contribution >= 4 is 18.2 Å². The second-order valence-electron chi connectivity index (χ2n) is 5.64. The average molecular weight is 339 g/mol. The zero-order valence-corrected chi connectivity index (χ0v) is 14.1. The van der Waals surface area contributed by atoms with E-state index >= 15 is 0 Å². The summed E-state index contributed by atoms with van der Waals surface area (Å²) < 4.78 is 5.04. The van der Waals surface area contributed by atoms with Gasteiger partial charge in [0, 0.05) is 5.56 Å².